The summed E-state index contributed by atoms with van der Waals surface area (Å²) in [6, 6.07) is 27.5. The fourth-order valence-corrected chi connectivity index (χ4v) is 3.60. The normalized spacial score (nSPS) is 11.0. The Morgan fingerprint density at radius 2 is 1.52 bits per heavy atom. The lowest BCUT2D eigenvalue weighted by atomic mass is 10.1. The van der Waals surface area contributed by atoms with Crippen LogP contribution in [-0.2, 0) is 6.54 Å². The van der Waals surface area contributed by atoms with Gasteiger partial charge in [-0.25, -0.2) is 9.07 Å². The SMILES string of the molecule is CN(C)CCN(Cc1ccccc1)C(=O)c1cc(-c2ccc(F)cc2)nn1-c1ccccc1. The van der Waals surface area contributed by atoms with Crippen molar-refractivity contribution in [3.63, 3.8) is 0 Å². The molecule has 3 aromatic carbocycles. The third-order valence-electron chi connectivity index (χ3n) is 5.39. The van der Waals surface area contributed by atoms with Crippen LogP contribution < -0.4 is 0 Å². The summed E-state index contributed by atoms with van der Waals surface area (Å²) in [5.74, 6) is -0.416. The van der Waals surface area contributed by atoms with Crippen molar-refractivity contribution >= 4 is 5.91 Å². The van der Waals surface area contributed by atoms with Crippen LogP contribution in [0.15, 0.2) is 91.0 Å². The van der Waals surface area contributed by atoms with Crippen molar-refractivity contribution < 1.29 is 9.18 Å². The van der Waals surface area contributed by atoms with E-state index in [0.717, 1.165) is 23.4 Å². The van der Waals surface area contributed by atoms with Crippen molar-refractivity contribution in [3.05, 3.63) is 108 Å². The molecule has 0 saturated heterocycles. The fraction of sp³-hybridized carbons (Fsp3) is 0.185. The van der Waals surface area contributed by atoms with Crippen LogP contribution in [0.5, 0.6) is 0 Å². The molecule has 0 saturated carbocycles. The van der Waals surface area contributed by atoms with E-state index in [9.17, 15) is 9.18 Å². The first-order valence-corrected chi connectivity index (χ1v) is 10.9. The van der Waals surface area contributed by atoms with Gasteiger partial charge >= 0.3 is 0 Å². The number of para-hydroxylation sites is 1. The zero-order valence-electron chi connectivity index (χ0n) is 18.9. The predicted octanol–water partition coefficient (Wildman–Crippen LogP) is 4.88. The van der Waals surface area contributed by atoms with Crippen LogP contribution in [0.1, 0.15) is 16.1 Å². The van der Waals surface area contributed by atoms with Crippen molar-refractivity contribution in [1.29, 1.82) is 0 Å². The molecule has 0 radical (unpaired) electrons. The van der Waals surface area contributed by atoms with Gasteiger partial charge in [-0.3, -0.25) is 4.79 Å². The Labute approximate surface area is 193 Å². The second-order valence-corrected chi connectivity index (χ2v) is 8.18. The molecule has 0 bridgehead atoms. The smallest absolute Gasteiger partial charge is 0.272 e. The second kappa shape index (κ2) is 10.2. The number of carbonyl (C=O) groups excluding carboxylic acids is 1. The van der Waals surface area contributed by atoms with Crippen LogP contribution >= 0.6 is 0 Å². The first-order chi connectivity index (χ1) is 16.0. The van der Waals surface area contributed by atoms with E-state index in [0.29, 0.717) is 24.5 Å². The van der Waals surface area contributed by atoms with E-state index in [1.807, 2.05) is 79.7 Å². The number of aromatic nitrogens is 2. The maximum atomic E-state index is 13.8. The summed E-state index contributed by atoms with van der Waals surface area (Å²) >= 11 is 0. The highest BCUT2D eigenvalue weighted by Crippen LogP contribution is 2.24. The summed E-state index contributed by atoms with van der Waals surface area (Å²) < 4.78 is 15.1. The highest BCUT2D eigenvalue weighted by Gasteiger charge is 2.23. The molecule has 0 N–H and O–H groups in total. The Balaban J connectivity index is 1.74. The van der Waals surface area contributed by atoms with Gasteiger partial charge in [0.25, 0.3) is 5.91 Å². The first kappa shape index (κ1) is 22.4. The number of nitrogens with zero attached hydrogens (tertiary/aromatic N) is 4. The van der Waals surface area contributed by atoms with Gasteiger partial charge < -0.3 is 9.80 Å². The minimum Gasteiger partial charge on any atom is -0.332 e. The molecule has 0 fully saturated rings. The number of carbonyl (C=O) groups is 1. The Bertz CT molecular complexity index is 1190. The van der Waals surface area contributed by atoms with E-state index in [4.69, 9.17) is 5.10 Å². The van der Waals surface area contributed by atoms with Gasteiger partial charge in [0.05, 0.1) is 11.4 Å². The van der Waals surface area contributed by atoms with Gasteiger partial charge in [0.1, 0.15) is 11.5 Å². The Morgan fingerprint density at radius 3 is 2.15 bits per heavy atom. The summed E-state index contributed by atoms with van der Waals surface area (Å²) in [5, 5.41) is 4.72. The Hall–Kier alpha value is -3.77. The molecule has 6 heteroatoms. The second-order valence-electron chi connectivity index (χ2n) is 8.18. The van der Waals surface area contributed by atoms with Crippen molar-refractivity contribution in [2.75, 3.05) is 27.2 Å². The zero-order chi connectivity index (χ0) is 23.2. The molecular formula is C27H27FN4O. The van der Waals surface area contributed by atoms with Gasteiger partial charge in [-0.2, -0.15) is 5.10 Å². The standard InChI is InChI=1S/C27H27FN4O/c1-30(2)17-18-31(20-21-9-5-3-6-10-21)27(33)26-19-25(22-13-15-23(28)16-14-22)29-32(26)24-11-7-4-8-12-24/h3-16,19H,17-18,20H2,1-2H3. The summed E-state index contributed by atoms with van der Waals surface area (Å²) in [6.45, 7) is 1.81. The molecule has 1 heterocycles. The number of hydrogen-bond donors (Lipinski definition) is 0. The maximum absolute atomic E-state index is 13.8. The summed E-state index contributed by atoms with van der Waals surface area (Å²) in [6.07, 6.45) is 0. The van der Waals surface area contributed by atoms with Crippen LogP contribution in [0.3, 0.4) is 0 Å². The summed E-state index contributed by atoms with van der Waals surface area (Å²) in [5.41, 5.74) is 3.70. The highest BCUT2D eigenvalue weighted by atomic mass is 19.1. The fourth-order valence-electron chi connectivity index (χ4n) is 3.60. The molecular weight excluding hydrogens is 415 g/mol. The third-order valence-corrected chi connectivity index (χ3v) is 5.39. The maximum Gasteiger partial charge on any atom is 0.272 e. The molecule has 1 amide bonds. The van der Waals surface area contributed by atoms with E-state index >= 15 is 0 Å². The lowest BCUT2D eigenvalue weighted by Gasteiger charge is -2.25. The summed E-state index contributed by atoms with van der Waals surface area (Å²) in [7, 11) is 3.98. The zero-order valence-corrected chi connectivity index (χ0v) is 18.9. The van der Waals surface area contributed by atoms with Crippen molar-refractivity contribution in [3.8, 4) is 16.9 Å². The number of amides is 1. The van der Waals surface area contributed by atoms with Crippen LogP contribution in [-0.4, -0.2) is 52.7 Å². The van der Waals surface area contributed by atoms with Crippen molar-refractivity contribution in [2.24, 2.45) is 0 Å². The minimum atomic E-state index is -0.310. The number of benzene rings is 3. The van der Waals surface area contributed by atoms with E-state index in [1.54, 1.807) is 22.9 Å². The molecule has 0 aliphatic heterocycles. The minimum absolute atomic E-state index is 0.106. The van der Waals surface area contributed by atoms with E-state index in [2.05, 4.69) is 4.90 Å². The molecule has 168 valence electrons. The van der Waals surface area contributed by atoms with Crippen LogP contribution in [0.25, 0.3) is 16.9 Å². The van der Waals surface area contributed by atoms with Gasteiger partial charge in [0.2, 0.25) is 0 Å². The largest absolute Gasteiger partial charge is 0.332 e. The molecule has 0 spiro atoms. The molecule has 4 aromatic rings. The molecule has 1 aromatic heterocycles. The highest BCUT2D eigenvalue weighted by molar-refractivity contribution is 5.94. The lowest BCUT2D eigenvalue weighted by Crippen LogP contribution is -2.37. The average molecular weight is 443 g/mol. The Kier molecular flexibility index (Phi) is 6.95. The lowest BCUT2D eigenvalue weighted by molar-refractivity contribution is 0.0722. The monoisotopic (exact) mass is 442 g/mol. The third kappa shape index (κ3) is 5.54. The van der Waals surface area contributed by atoms with Crippen molar-refractivity contribution in [1.82, 2.24) is 19.6 Å². The van der Waals surface area contributed by atoms with Crippen LogP contribution in [0.2, 0.25) is 0 Å². The topological polar surface area (TPSA) is 41.4 Å². The molecule has 0 aliphatic rings. The van der Waals surface area contributed by atoms with Gasteiger partial charge in [0.15, 0.2) is 0 Å². The van der Waals surface area contributed by atoms with Crippen molar-refractivity contribution in [2.45, 2.75) is 6.54 Å². The molecule has 0 unspecified atom stereocenters. The van der Waals surface area contributed by atoms with Gasteiger partial charge in [0, 0.05) is 25.2 Å². The van der Waals surface area contributed by atoms with E-state index in [1.165, 1.54) is 12.1 Å². The van der Waals surface area contributed by atoms with Gasteiger partial charge in [-0.15, -0.1) is 0 Å². The van der Waals surface area contributed by atoms with E-state index < -0.39 is 0 Å². The number of likely N-dealkylation sites (N-methyl/N-ethyl adjacent to an activating group) is 1. The number of rotatable bonds is 8. The number of halogens is 1. The van der Waals surface area contributed by atoms with Crippen LogP contribution in [0.4, 0.5) is 4.39 Å². The predicted molar refractivity (Wildman–Crippen MR) is 129 cm³/mol. The average Bonchev–Trinajstić information content (AvgIpc) is 3.28. The molecule has 4 rings (SSSR count). The summed E-state index contributed by atoms with van der Waals surface area (Å²) in [4.78, 5) is 17.7. The molecule has 5 nitrogen and oxygen atoms in total. The molecule has 0 aliphatic carbocycles. The van der Waals surface area contributed by atoms with Crippen LogP contribution in [0, 0.1) is 5.82 Å². The molecule has 0 atom stereocenters. The molecule has 33 heavy (non-hydrogen) atoms. The first-order valence-electron chi connectivity index (χ1n) is 10.9. The quantitative estimate of drug-likeness (QED) is 0.390. The van der Waals surface area contributed by atoms with E-state index in [-0.39, 0.29) is 11.7 Å². The van der Waals surface area contributed by atoms with Gasteiger partial charge in [-0.1, -0.05) is 48.5 Å². The number of hydrogen-bond acceptors (Lipinski definition) is 3. The Morgan fingerprint density at radius 1 is 0.879 bits per heavy atom. The van der Waals surface area contributed by atoms with Gasteiger partial charge in [-0.05, 0) is 62.1 Å².